The Bertz CT molecular complexity index is 766. The molecule has 0 fully saturated rings. The summed E-state index contributed by atoms with van der Waals surface area (Å²) in [7, 11) is 0. The predicted octanol–water partition coefficient (Wildman–Crippen LogP) is 5.83. The highest BCUT2D eigenvalue weighted by molar-refractivity contribution is 7.99. The Balaban J connectivity index is 2.05. The summed E-state index contributed by atoms with van der Waals surface area (Å²) in [4.78, 5) is 0.206. The van der Waals surface area contributed by atoms with Gasteiger partial charge in [-0.3, -0.25) is 0 Å². The third kappa shape index (κ3) is 5.55. The molecule has 2 aromatic rings. The second-order valence-corrected chi connectivity index (χ2v) is 6.44. The van der Waals surface area contributed by atoms with Crippen LogP contribution in [0.2, 0.25) is 0 Å². The van der Waals surface area contributed by atoms with Gasteiger partial charge in [0.15, 0.2) is 29.0 Å². The van der Waals surface area contributed by atoms with E-state index in [1.807, 2.05) is 0 Å². The zero-order valence-electron chi connectivity index (χ0n) is 13.4. The maximum Gasteiger partial charge on any atom is 0.398 e. The fourth-order valence-electron chi connectivity index (χ4n) is 2.09. The highest BCUT2D eigenvalue weighted by Gasteiger charge is 2.27. The van der Waals surface area contributed by atoms with Crippen molar-refractivity contribution >= 4 is 11.8 Å². The van der Waals surface area contributed by atoms with Gasteiger partial charge in [0.1, 0.15) is 0 Å². The van der Waals surface area contributed by atoms with Crippen LogP contribution in [-0.4, -0.2) is 18.5 Å². The third-order valence-electron chi connectivity index (χ3n) is 3.31. The van der Waals surface area contributed by atoms with Crippen LogP contribution >= 0.6 is 11.8 Å². The van der Waals surface area contributed by atoms with Crippen LogP contribution in [0.5, 0.6) is 5.75 Å². The normalized spacial score (nSPS) is 11.7. The highest BCUT2D eigenvalue weighted by atomic mass is 32.2. The molecule has 0 aliphatic heterocycles. The Morgan fingerprint density at radius 2 is 1.54 bits per heavy atom. The van der Waals surface area contributed by atoms with Gasteiger partial charge in [-0.2, -0.15) is 13.2 Å². The van der Waals surface area contributed by atoms with Gasteiger partial charge in [0.25, 0.3) is 0 Å². The van der Waals surface area contributed by atoms with E-state index in [1.165, 1.54) is 6.92 Å². The smallest absolute Gasteiger partial charge is 0.398 e. The number of alkyl halides is 3. The number of aryl methyl sites for hydroxylation is 1. The van der Waals surface area contributed by atoms with Crippen LogP contribution in [0, 0.1) is 30.2 Å². The molecule has 2 rings (SSSR count). The van der Waals surface area contributed by atoms with E-state index in [-0.39, 0.29) is 29.2 Å². The van der Waals surface area contributed by atoms with Crippen molar-refractivity contribution in [2.45, 2.75) is 24.4 Å². The molecule has 2 aromatic carbocycles. The maximum absolute atomic E-state index is 13.9. The molecule has 0 saturated heterocycles. The van der Waals surface area contributed by atoms with Crippen LogP contribution in [0.3, 0.4) is 0 Å². The highest BCUT2D eigenvalue weighted by Crippen LogP contribution is 2.33. The molecule has 0 radical (unpaired) electrons. The van der Waals surface area contributed by atoms with Gasteiger partial charge in [-0.25, -0.2) is 17.6 Å². The molecule has 0 aliphatic rings. The summed E-state index contributed by atoms with van der Waals surface area (Å²) in [5.41, 5.74) is 0.423. The quantitative estimate of drug-likeness (QED) is 0.344. The molecule has 26 heavy (non-hydrogen) atoms. The Morgan fingerprint density at radius 1 is 0.923 bits per heavy atom. The van der Waals surface area contributed by atoms with E-state index < -0.39 is 35.2 Å². The Hall–Kier alpha value is -1.90. The molecule has 0 heterocycles. The van der Waals surface area contributed by atoms with Crippen LogP contribution in [-0.2, 0) is 6.42 Å². The largest absolute Gasteiger partial charge is 0.490 e. The van der Waals surface area contributed by atoms with E-state index in [1.54, 1.807) is 0 Å². The molecule has 0 atom stereocenters. The Labute approximate surface area is 149 Å². The Morgan fingerprint density at radius 3 is 2.12 bits per heavy atom. The lowest BCUT2D eigenvalue weighted by Gasteiger charge is -2.13. The van der Waals surface area contributed by atoms with Gasteiger partial charge in [-0.1, -0.05) is 0 Å². The van der Waals surface area contributed by atoms with Gasteiger partial charge < -0.3 is 4.74 Å². The number of halogens is 7. The summed E-state index contributed by atoms with van der Waals surface area (Å²) in [6.45, 7) is 1.27. The van der Waals surface area contributed by atoms with Crippen molar-refractivity contribution in [3.05, 3.63) is 58.7 Å². The van der Waals surface area contributed by atoms with Crippen LogP contribution in [0.25, 0.3) is 0 Å². The fourth-order valence-corrected chi connectivity index (χ4v) is 2.89. The van der Waals surface area contributed by atoms with Gasteiger partial charge in [-0.15, -0.1) is 11.8 Å². The van der Waals surface area contributed by atoms with E-state index in [2.05, 4.69) is 0 Å². The minimum Gasteiger partial charge on any atom is -0.490 e. The first-order valence-electron chi connectivity index (χ1n) is 7.32. The summed E-state index contributed by atoms with van der Waals surface area (Å²) in [6.07, 6.45) is -4.42. The topological polar surface area (TPSA) is 9.23 Å². The van der Waals surface area contributed by atoms with Crippen molar-refractivity contribution in [2.24, 2.45) is 0 Å². The first-order chi connectivity index (χ1) is 12.1. The molecule has 0 unspecified atom stereocenters. The lowest BCUT2D eigenvalue weighted by atomic mass is 10.1. The standard InChI is InChI=1S/C17H13F7OS/c1-9-4-11(18)14(7-15(9)26-8-17(22,23)24)25-3-2-10-5-12(19)16(21)13(20)6-10/h4-7H,2-3,8H2,1H3. The van der Waals surface area contributed by atoms with Gasteiger partial charge >= 0.3 is 6.18 Å². The molecular weight excluding hydrogens is 385 g/mol. The zero-order chi connectivity index (χ0) is 19.5. The van der Waals surface area contributed by atoms with E-state index in [0.717, 1.165) is 24.3 Å². The van der Waals surface area contributed by atoms with Crippen molar-refractivity contribution in [2.75, 3.05) is 12.4 Å². The van der Waals surface area contributed by atoms with Crippen molar-refractivity contribution < 1.29 is 35.5 Å². The van der Waals surface area contributed by atoms with Crippen molar-refractivity contribution in [1.29, 1.82) is 0 Å². The van der Waals surface area contributed by atoms with E-state index >= 15 is 0 Å². The number of thioether (sulfide) groups is 1. The van der Waals surface area contributed by atoms with Gasteiger partial charge in [0.2, 0.25) is 0 Å². The van der Waals surface area contributed by atoms with Gasteiger partial charge in [-0.05, 0) is 42.3 Å². The van der Waals surface area contributed by atoms with Crippen LogP contribution in [0.1, 0.15) is 11.1 Å². The molecular formula is C17H13F7OS. The first-order valence-corrected chi connectivity index (χ1v) is 8.31. The van der Waals surface area contributed by atoms with Crippen LogP contribution < -0.4 is 4.74 Å². The number of ether oxygens (including phenoxy) is 1. The molecule has 0 amide bonds. The molecule has 0 aromatic heterocycles. The number of hydrogen-bond acceptors (Lipinski definition) is 2. The van der Waals surface area contributed by atoms with Crippen molar-refractivity contribution in [3.63, 3.8) is 0 Å². The summed E-state index contributed by atoms with van der Waals surface area (Å²) in [5, 5.41) is 0. The SMILES string of the molecule is Cc1cc(F)c(OCCc2cc(F)c(F)c(F)c2)cc1SCC(F)(F)F. The summed E-state index contributed by atoms with van der Waals surface area (Å²) in [5.74, 6) is -6.48. The molecule has 9 heteroatoms. The minimum atomic E-state index is -4.37. The molecule has 1 nitrogen and oxygen atoms in total. The Kier molecular flexibility index (Phi) is 6.44. The molecule has 0 spiro atoms. The zero-order valence-corrected chi connectivity index (χ0v) is 14.2. The second-order valence-electron chi connectivity index (χ2n) is 5.42. The van der Waals surface area contributed by atoms with Gasteiger partial charge in [0.05, 0.1) is 12.4 Å². The first kappa shape index (κ1) is 20.4. The molecule has 0 aliphatic carbocycles. The van der Waals surface area contributed by atoms with Crippen molar-refractivity contribution in [1.82, 2.24) is 0 Å². The molecule has 0 N–H and O–H groups in total. The number of benzene rings is 2. The molecule has 0 bridgehead atoms. The fraction of sp³-hybridized carbons (Fsp3) is 0.294. The maximum atomic E-state index is 13.9. The van der Waals surface area contributed by atoms with Gasteiger partial charge in [0, 0.05) is 11.3 Å². The summed E-state index contributed by atoms with van der Waals surface area (Å²) >= 11 is 0.500. The minimum absolute atomic E-state index is 0.0491. The molecule has 142 valence electrons. The lowest BCUT2D eigenvalue weighted by Crippen LogP contribution is -2.11. The summed E-state index contributed by atoms with van der Waals surface area (Å²) < 4.78 is 95.1. The lowest BCUT2D eigenvalue weighted by molar-refractivity contribution is -0.105. The van der Waals surface area contributed by atoms with Crippen LogP contribution in [0.4, 0.5) is 30.7 Å². The second kappa shape index (κ2) is 8.20. The summed E-state index contributed by atoms with van der Waals surface area (Å²) in [6, 6.07) is 3.77. The average molecular weight is 398 g/mol. The monoisotopic (exact) mass is 398 g/mol. The van der Waals surface area contributed by atoms with E-state index in [9.17, 15) is 30.7 Å². The third-order valence-corrected chi connectivity index (χ3v) is 4.54. The van der Waals surface area contributed by atoms with Crippen LogP contribution in [0.15, 0.2) is 29.2 Å². The average Bonchev–Trinajstić information content (AvgIpc) is 2.52. The van der Waals surface area contributed by atoms with E-state index in [0.29, 0.717) is 17.3 Å². The molecule has 0 saturated carbocycles. The van der Waals surface area contributed by atoms with E-state index in [4.69, 9.17) is 4.74 Å². The predicted molar refractivity (Wildman–Crippen MR) is 83.4 cm³/mol. The van der Waals surface area contributed by atoms with Crippen molar-refractivity contribution in [3.8, 4) is 5.75 Å². The number of hydrogen-bond donors (Lipinski definition) is 0. The number of rotatable bonds is 6.